The smallest absolute Gasteiger partial charge is 0.302 e. The molecule has 5 atom stereocenters. The van der Waals surface area contributed by atoms with Crippen molar-refractivity contribution in [2.45, 2.75) is 77.0 Å². The van der Waals surface area contributed by atoms with Gasteiger partial charge in [0.1, 0.15) is 24.1 Å². The number of H-pyrrole nitrogens is 1. The van der Waals surface area contributed by atoms with Gasteiger partial charge < -0.3 is 34.6 Å². The molecule has 2 aromatic rings. The molecule has 1 aromatic heterocycles. The van der Waals surface area contributed by atoms with E-state index in [9.17, 15) is 9.59 Å². The van der Waals surface area contributed by atoms with E-state index in [1.54, 1.807) is 6.92 Å². The number of rotatable bonds is 9. The van der Waals surface area contributed by atoms with E-state index in [4.69, 9.17) is 18.9 Å². The van der Waals surface area contributed by atoms with Crippen LogP contribution in [0.3, 0.4) is 0 Å². The molecule has 4 rings (SSSR count). The van der Waals surface area contributed by atoms with Crippen LogP contribution in [0.5, 0.6) is 0 Å². The third-order valence-corrected chi connectivity index (χ3v) is 5.66. The number of ether oxygens (including phenoxy) is 4. The molecule has 1 aromatic carbocycles. The topological polar surface area (TPSA) is 124 Å². The Morgan fingerprint density at radius 3 is 2.67 bits per heavy atom. The van der Waals surface area contributed by atoms with Crippen LogP contribution in [0.1, 0.15) is 39.9 Å². The number of nitrogens with one attached hydrogen (secondary N) is 3. The molecule has 10 heteroatoms. The summed E-state index contributed by atoms with van der Waals surface area (Å²) in [6.45, 7) is 8.11. The third-order valence-electron chi connectivity index (χ3n) is 5.66. The molecule has 10 nitrogen and oxygen atoms in total. The normalized spacial score (nSPS) is 26.8. The highest BCUT2D eigenvalue weighted by Crippen LogP contribution is 2.39. The molecular formula is C23H32N4O6. The zero-order valence-corrected chi connectivity index (χ0v) is 19.4. The van der Waals surface area contributed by atoms with Crippen LogP contribution in [0.4, 0.5) is 0 Å². The van der Waals surface area contributed by atoms with Crippen molar-refractivity contribution in [1.82, 2.24) is 20.6 Å². The first-order chi connectivity index (χ1) is 15.7. The Kier molecular flexibility index (Phi) is 6.99. The molecule has 0 saturated carbocycles. The fraction of sp³-hybridized carbons (Fsp3) is 0.609. The second-order valence-electron chi connectivity index (χ2n) is 9.04. The van der Waals surface area contributed by atoms with Crippen LogP contribution in [0.2, 0.25) is 0 Å². The molecule has 0 radical (unpaired) electrons. The summed E-state index contributed by atoms with van der Waals surface area (Å²) in [4.78, 5) is 31.4. The number of aromatic amines is 1. The van der Waals surface area contributed by atoms with E-state index in [2.05, 4.69) is 20.6 Å². The van der Waals surface area contributed by atoms with Crippen molar-refractivity contribution in [3.05, 3.63) is 30.1 Å². The second-order valence-corrected chi connectivity index (χ2v) is 9.04. The maximum atomic E-state index is 12.5. The number of hydrogen-bond acceptors (Lipinski definition) is 8. The lowest BCUT2D eigenvalue weighted by Gasteiger charge is -2.24. The first-order valence-electron chi connectivity index (χ1n) is 11.3. The minimum absolute atomic E-state index is 0.132. The van der Waals surface area contributed by atoms with Gasteiger partial charge >= 0.3 is 5.97 Å². The van der Waals surface area contributed by atoms with Crippen LogP contribution >= 0.6 is 0 Å². The average Bonchev–Trinajstić information content (AvgIpc) is 3.38. The summed E-state index contributed by atoms with van der Waals surface area (Å²) < 4.78 is 23.4. The summed E-state index contributed by atoms with van der Waals surface area (Å²) in [5.41, 5.74) is 1.92. The maximum absolute atomic E-state index is 12.5. The number of carbonyl (C=O) groups excluding carboxylic acids is 2. The molecule has 2 aliphatic rings. The van der Waals surface area contributed by atoms with E-state index >= 15 is 0 Å². The average molecular weight is 461 g/mol. The fourth-order valence-corrected chi connectivity index (χ4v) is 4.36. The largest absolute Gasteiger partial charge is 0.461 e. The SMILES string of the molecule is CC(=O)O[C@H](C)CNC(=O)C[C@H]1O[C@@H](CNCc2nc3ccccc3[nH]2)[C@H]2OC(C)(C)O[C@H]21. The van der Waals surface area contributed by atoms with Crippen molar-refractivity contribution in [2.75, 3.05) is 13.1 Å². The third kappa shape index (κ3) is 5.89. The monoisotopic (exact) mass is 460 g/mol. The van der Waals surface area contributed by atoms with Crippen LogP contribution in [0.25, 0.3) is 11.0 Å². The molecule has 2 saturated heterocycles. The van der Waals surface area contributed by atoms with Crippen molar-refractivity contribution in [1.29, 1.82) is 0 Å². The van der Waals surface area contributed by atoms with E-state index in [-0.39, 0.29) is 43.2 Å². The van der Waals surface area contributed by atoms with Crippen LogP contribution in [-0.4, -0.2) is 71.2 Å². The summed E-state index contributed by atoms with van der Waals surface area (Å²) in [5, 5.41) is 6.16. The molecule has 2 fully saturated rings. The predicted octanol–water partition coefficient (Wildman–Crippen LogP) is 1.40. The summed E-state index contributed by atoms with van der Waals surface area (Å²) in [7, 11) is 0. The quantitative estimate of drug-likeness (QED) is 0.480. The number of hydrogen-bond donors (Lipinski definition) is 3. The summed E-state index contributed by atoms with van der Waals surface area (Å²) >= 11 is 0. The van der Waals surface area contributed by atoms with E-state index in [1.165, 1.54) is 6.92 Å². The predicted molar refractivity (Wildman–Crippen MR) is 119 cm³/mol. The summed E-state index contributed by atoms with van der Waals surface area (Å²) in [5.74, 6) is -0.473. The Hall–Kier alpha value is -2.53. The number of benzene rings is 1. The molecule has 1 amide bonds. The van der Waals surface area contributed by atoms with Gasteiger partial charge in [-0.25, -0.2) is 4.98 Å². The van der Waals surface area contributed by atoms with E-state index in [1.807, 2.05) is 38.1 Å². The molecule has 180 valence electrons. The molecular weight excluding hydrogens is 428 g/mol. The van der Waals surface area contributed by atoms with Gasteiger partial charge in [0.15, 0.2) is 5.79 Å². The first kappa shape index (κ1) is 23.6. The maximum Gasteiger partial charge on any atom is 0.302 e. The number of imidazole rings is 1. The Balaban J connectivity index is 1.31. The van der Waals surface area contributed by atoms with Gasteiger partial charge in [-0.3, -0.25) is 9.59 Å². The molecule has 33 heavy (non-hydrogen) atoms. The van der Waals surface area contributed by atoms with Crippen LogP contribution in [0.15, 0.2) is 24.3 Å². The van der Waals surface area contributed by atoms with Gasteiger partial charge in [0.2, 0.25) is 5.91 Å². The fourth-order valence-electron chi connectivity index (χ4n) is 4.36. The molecule has 0 bridgehead atoms. The van der Waals surface area contributed by atoms with Gasteiger partial charge in [0.05, 0.1) is 42.8 Å². The molecule has 0 spiro atoms. The Morgan fingerprint density at radius 1 is 1.21 bits per heavy atom. The molecule has 3 N–H and O–H groups in total. The second kappa shape index (κ2) is 9.76. The zero-order valence-electron chi connectivity index (χ0n) is 19.4. The number of nitrogens with zero attached hydrogens (tertiary/aromatic N) is 1. The van der Waals surface area contributed by atoms with E-state index in [0.29, 0.717) is 13.1 Å². The van der Waals surface area contributed by atoms with Crippen molar-refractivity contribution in [2.24, 2.45) is 0 Å². The van der Waals surface area contributed by atoms with Crippen LogP contribution in [-0.2, 0) is 35.1 Å². The molecule has 0 aliphatic carbocycles. The molecule has 0 unspecified atom stereocenters. The number of aromatic nitrogens is 2. The van der Waals surface area contributed by atoms with Crippen molar-refractivity contribution >= 4 is 22.9 Å². The standard InChI is InChI=1S/C23H32N4O6/c1-13(30-14(2)28)10-25-20(29)9-17-21-22(33-23(3,4)32-21)18(31-17)11-24-12-19-26-15-7-5-6-8-16(15)27-19/h5-8,13,17-18,21-22,24H,9-12H2,1-4H3,(H,25,29)(H,26,27)/t13-,17-,18+,21+,22-/m1/s1. The molecule has 2 aliphatic heterocycles. The number of amides is 1. The van der Waals surface area contributed by atoms with Gasteiger partial charge in [0, 0.05) is 13.5 Å². The number of fused-ring (bicyclic) bond motifs is 2. The van der Waals surface area contributed by atoms with Crippen molar-refractivity contribution in [3.8, 4) is 0 Å². The number of carbonyl (C=O) groups is 2. The number of esters is 1. The summed E-state index contributed by atoms with van der Waals surface area (Å²) in [6.07, 6.45) is -1.58. The van der Waals surface area contributed by atoms with E-state index in [0.717, 1.165) is 16.9 Å². The van der Waals surface area contributed by atoms with Gasteiger partial charge in [-0.2, -0.15) is 0 Å². The minimum Gasteiger partial charge on any atom is -0.461 e. The van der Waals surface area contributed by atoms with Gasteiger partial charge in [-0.15, -0.1) is 0 Å². The highest BCUT2D eigenvalue weighted by Gasteiger charge is 2.55. The van der Waals surface area contributed by atoms with Crippen molar-refractivity contribution in [3.63, 3.8) is 0 Å². The van der Waals surface area contributed by atoms with E-state index < -0.39 is 18.0 Å². The Morgan fingerprint density at radius 2 is 1.94 bits per heavy atom. The lowest BCUT2D eigenvalue weighted by molar-refractivity contribution is -0.187. The Labute approximate surface area is 192 Å². The number of para-hydroxylation sites is 2. The van der Waals surface area contributed by atoms with Crippen molar-refractivity contribution < 1.29 is 28.5 Å². The highest BCUT2D eigenvalue weighted by molar-refractivity contribution is 5.76. The van der Waals surface area contributed by atoms with Crippen LogP contribution < -0.4 is 10.6 Å². The minimum atomic E-state index is -0.741. The van der Waals surface area contributed by atoms with Gasteiger partial charge in [0.25, 0.3) is 0 Å². The van der Waals surface area contributed by atoms with Crippen LogP contribution in [0, 0.1) is 0 Å². The molecule has 3 heterocycles. The lowest BCUT2D eigenvalue weighted by Crippen LogP contribution is -2.38. The van der Waals surface area contributed by atoms with Gasteiger partial charge in [-0.05, 0) is 32.9 Å². The first-order valence-corrected chi connectivity index (χ1v) is 11.3. The Bertz CT molecular complexity index is 959. The van der Waals surface area contributed by atoms with Gasteiger partial charge in [-0.1, -0.05) is 12.1 Å². The highest BCUT2D eigenvalue weighted by atomic mass is 16.8. The lowest BCUT2D eigenvalue weighted by atomic mass is 10.1. The zero-order chi connectivity index (χ0) is 23.6. The summed E-state index contributed by atoms with van der Waals surface area (Å²) in [6, 6.07) is 7.88.